The van der Waals surface area contributed by atoms with Crippen molar-refractivity contribution in [3.63, 3.8) is 0 Å². The van der Waals surface area contributed by atoms with Crippen molar-refractivity contribution in [1.82, 2.24) is 0 Å². The van der Waals surface area contributed by atoms with Crippen LogP contribution in [-0.2, 0) is 0 Å². The highest BCUT2D eigenvalue weighted by Crippen LogP contribution is 2.53. The normalized spacial score (nSPS) is 11.5. The summed E-state index contributed by atoms with van der Waals surface area (Å²) in [6.07, 6.45) is 0. The summed E-state index contributed by atoms with van der Waals surface area (Å²) < 4.78 is 9.71. The third-order valence-electron chi connectivity index (χ3n) is 3.35. The molecule has 0 aliphatic rings. The largest absolute Gasteiger partial charge is 0.0541 e. The molecule has 2 aromatic rings. The van der Waals surface area contributed by atoms with Crippen molar-refractivity contribution < 1.29 is 0 Å². The van der Waals surface area contributed by atoms with E-state index in [2.05, 4.69) is 166 Å². The van der Waals surface area contributed by atoms with Crippen molar-refractivity contribution in [2.45, 2.75) is 12.8 Å². The molecule has 0 nitrogen and oxygen atoms in total. The zero-order chi connectivity index (χ0) is 18.5. The Morgan fingerprint density at radius 2 is 0.542 bits per heavy atom. The van der Waals surface area contributed by atoms with Gasteiger partial charge in [-0.2, -0.15) is 0 Å². The van der Waals surface area contributed by atoms with Crippen LogP contribution in [0, 0.1) is 0 Å². The molecule has 0 aliphatic carbocycles. The van der Waals surface area contributed by atoms with Crippen molar-refractivity contribution in [3.05, 3.63) is 55.9 Å². The van der Waals surface area contributed by atoms with Gasteiger partial charge in [0.2, 0.25) is 0 Å². The standard InChI is InChI=1S/C14H4Br10/c1-2(3-5(15)9(19)13(23)10(20)6(3)16)4-7(17)11(21)14(24)12(22)8(4)18/h2H,1H3. The van der Waals surface area contributed by atoms with Gasteiger partial charge in [0.1, 0.15) is 0 Å². The summed E-state index contributed by atoms with van der Waals surface area (Å²) in [5.41, 5.74) is 2.25. The molecule has 0 radical (unpaired) electrons. The average Bonchev–Trinajstić information content (AvgIpc) is 2.55. The van der Waals surface area contributed by atoms with Gasteiger partial charge in [0.05, 0.1) is 0 Å². The maximum atomic E-state index is 3.72. The molecular formula is C14H4Br10. The molecule has 0 aliphatic heterocycles. The van der Waals surface area contributed by atoms with Gasteiger partial charge in [-0.15, -0.1) is 0 Å². The first-order valence-corrected chi connectivity index (χ1v) is 14.0. The quantitative estimate of drug-likeness (QED) is 0.208. The van der Waals surface area contributed by atoms with E-state index < -0.39 is 0 Å². The van der Waals surface area contributed by atoms with E-state index in [0.29, 0.717) is 0 Å². The van der Waals surface area contributed by atoms with Crippen molar-refractivity contribution in [2.24, 2.45) is 0 Å². The second-order valence-corrected chi connectivity index (χ2v) is 12.6. The molecule has 0 bridgehead atoms. The number of hydrogen-bond donors (Lipinski definition) is 0. The van der Waals surface area contributed by atoms with Crippen molar-refractivity contribution in [2.75, 3.05) is 0 Å². The maximum absolute atomic E-state index is 3.72. The minimum atomic E-state index is 0.0823. The number of halogens is 10. The summed E-state index contributed by atoms with van der Waals surface area (Å²) in [6, 6.07) is 0. The molecule has 0 atom stereocenters. The van der Waals surface area contributed by atoms with Crippen LogP contribution in [0.4, 0.5) is 0 Å². The zero-order valence-corrected chi connectivity index (χ0v) is 27.2. The molecule has 0 heterocycles. The summed E-state index contributed by atoms with van der Waals surface area (Å²) in [7, 11) is 0. The van der Waals surface area contributed by atoms with Gasteiger partial charge in [-0.1, -0.05) is 6.92 Å². The molecule has 10 heteroatoms. The second-order valence-electron chi connectivity index (χ2n) is 4.69. The SMILES string of the molecule is CC(c1c(Br)c(Br)c(Br)c(Br)c1Br)c1c(Br)c(Br)c(Br)c(Br)c1Br. The number of rotatable bonds is 2. The molecule has 130 valence electrons. The Morgan fingerprint density at radius 1 is 0.375 bits per heavy atom. The predicted molar refractivity (Wildman–Crippen MR) is 137 cm³/mol. The van der Waals surface area contributed by atoms with Crippen molar-refractivity contribution in [1.29, 1.82) is 0 Å². The van der Waals surface area contributed by atoms with Crippen LogP contribution in [0.5, 0.6) is 0 Å². The van der Waals surface area contributed by atoms with Crippen molar-refractivity contribution in [3.8, 4) is 0 Å². The lowest BCUT2D eigenvalue weighted by molar-refractivity contribution is 0.887. The Balaban J connectivity index is 2.84. The van der Waals surface area contributed by atoms with E-state index >= 15 is 0 Å². The molecule has 2 aromatic carbocycles. The Hall–Kier alpha value is 3.24. The Labute approximate surface area is 224 Å². The van der Waals surface area contributed by atoms with Crippen LogP contribution >= 0.6 is 159 Å². The van der Waals surface area contributed by atoms with Crippen LogP contribution in [0.3, 0.4) is 0 Å². The van der Waals surface area contributed by atoms with E-state index in [1.807, 2.05) is 0 Å². The van der Waals surface area contributed by atoms with E-state index in [4.69, 9.17) is 0 Å². The third-order valence-corrected chi connectivity index (χ3v) is 15.7. The van der Waals surface area contributed by atoms with Crippen LogP contribution in [0.25, 0.3) is 0 Å². The summed E-state index contributed by atoms with van der Waals surface area (Å²) in [5, 5.41) is 0. The minimum Gasteiger partial charge on any atom is -0.0541 e. The monoisotopic (exact) mass is 961 g/mol. The second kappa shape index (κ2) is 9.37. The van der Waals surface area contributed by atoms with Crippen LogP contribution in [0.15, 0.2) is 44.7 Å². The van der Waals surface area contributed by atoms with E-state index in [9.17, 15) is 0 Å². The molecule has 0 spiro atoms. The fourth-order valence-corrected chi connectivity index (χ4v) is 9.68. The zero-order valence-electron chi connectivity index (χ0n) is 11.4. The molecule has 0 aromatic heterocycles. The summed E-state index contributed by atoms with van der Waals surface area (Å²) in [4.78, 5) is 0. The first-order chi connectivity index (χ1) is 11.0. The fourth-order valence-electron chi connectivity index (χ4n) is 2.15. The maximum Gasteiger partial charge on any atom is 0.0482 e. The third kappa shape index (κ3) is 4.23. The lowest BCUT2D eigenvalue weighted by Gasteiger charge is -2.23. The molecular weight excluding hydrogens is 967 g/mol. The summed E-state index contributed by atoms with van der Waals surface area (Å²) >= 11 is 36.6. The predicted octanol–water partition coefficient (Wildman–Crippen LogP) is 11.5. The highest BCUT2D eigenvalue weighted by atomic mass is 79.9. The smallest absolute Gasteiger partial charge is 0.0482 e. The topological polar surface area (TPSA) is 0 Å². The highest BCUT2D eigenvalue weighted by molar-refractivity contribution is 9.16. The lowest BCUT2D eigenvalue weighted by atomic mass is 9.93. The molecule has 0 unspecified atom stereocenters. The minimum absolute atomic E-state index is 0.0823. The Kier molecular flexibility index (Phi) is 9.18. The highest BCUT2D eigenvalue weighted by Gasteiger charge is 2.28. The van der Waals surface area contributed by atoms with Crippen LogP contribution in [0.1, 0.15) is 24.0 Å². The van der Waals surface area contributed by atoms with Crippen LogP contribution in [-0.4, -0.2) is 0 Å². The molecule has 0 saturated heterocycles. The van der Waals surface area contributed by atoms with E-state index in [-0.39, 0.29) is 5.92 Å². The van der Waals surface area contributed by atoms with Gasteiger partial charge in [0.25, 0.3) is 0 Å². The van der Waals surface area contributed by atoms with Gasteiger partial charge >= 0.3 is 0 Å². The van der Waals surface area contributed by atoms with E-state index in [1.165, 1.54) is 0 Å². The van der Waals surface area contributed by atoms with Crippen LogP contribution in [0.2, 0.25) is 0 Å². The Morgan fingerprint density at radius 3 is 0.750 bits per heavy atom. The van der Waals surface area contributed by atoms with Gasteiger partial charge in [0.15, 0.2) is 0 Å². The molecule has 0 fully saturated rings. The van der Waals surface area contributed by atoms with Gasteiger partial charge < -0.3 is 0 Å². The van der Waals surface area contributed by atoms with Gasteiger partial charge in [0, 0.05) is 50.6 Å². The molecule has 0 amide bonds. The molecule has 0 saturated carbocycles. The van der Waals surface area contributed by atoms with E-state index in [1.54, 1.807) is 0 Å². The van der Waals surface area contributed by atoms with E-state index in [0.717, 1.165) is 55.9 Å². The average molecular weight is 971 g/mol. The number of benzene rings is 2. The molecule has 0 N–H and O–H groups in total. The van der Waals surface area contributed by atoms with Crippen molar-refractivity contribution >= 4 is 159 Å². The molecule has 24 heavy (non-hydrogen) atoms. The summed E-state index contributed by atoms with van der Waals surface area (Å²) in [6.45, 7) is 2.16. The van der Waals surface area contributed by atoms with Crippen LogP contribution < -0.4 is 0 Å². The van der Waals surface area contributed by atoms with Gasteiger partial charge in [-0.25, -0.2) is 0 Å². The van der Waals surface area contributed by atoms with Gasteiger partial charge in [-0.05, 0) is 170 Å². The lowest BCUT2D eigenvalue weighted by Crippen LogP contribution is -2.04. The summed E-state index contributed by atoms with van der Waals surface area (Å²) in [5.74, 6) is 0.0823. The fraction of sp³-hybridized carbons (Fsp3) is 0.143. The number of hydrogen-bond acceptors (Lipinski definition) is 0. The molecule has 2 rings (SSSR count). The first kappa shape index (κ1) is 23.5. The van der Waals surface area contributed by atoms with Gasteiger partial charge in [-0.3, -0.25) is 0 Å². The first-order valence-electron chi connectivity index (χ1n) is 6.04. The Bertz CT molecular complexity index is 715.